The predicted molar refractivity (Wildman–Crippen MR) is 30.7 cm³/mol. The molecule has 9 heavy (non-hydrogen) atoms. The molecule has 0 spiro atoms. The second kappa shape index (κ2) is 4.64. The zero-order chi connectivity index (χ0) is 6.62. The van der Waals surface area contributed by atoms with Crippen LogP contribution in [0.3, 0.4) is 0 Å². The summed E-state index contributed by atoms with van der Waals surface area (Å²) in [6.07, 6.45) is 1.26. The molecule has 0 fully saturated rings. The zero-order valence-corrected chi connectivity index (χ0v) is 5.45. The van der Waals surface area contributed by atoms with Gasteiger partial charge >= 0.3 is 7.82 Å². The van der Waals surface area contributed by atoms with E-state index >= 15 is 0 Å². The number of phosphoric acid groups is 1. The van der Waals surface area contributed by atoms with Gasteiger partial charge in [-0.3, -0.25) is 9.23 Å². The molecule has 2 N–H and O–H groups in total. The minimum atomic E-state index is -4.25. The summed E-state index contributed by atoms with van der Waals surface area (Å²) < 4.78 is 13.7. The number of hydrogen-bond donors (Lipinski definition) is 2. The first-order chi connectivity index (χ1) is 3.56. The van der Waals surface area contributed by atoms with Gasteiger partial charge in [-0.05, 0) is 0 Å². The molecule has 0 bridgehead atoms. The Morgan fingerprint density at radius 1 is 1.67 bits per heavy atom. The lowest BCUT2D eigenvalue weighted by atomic mass is 10.7. The van der Waals surface area contributed by atoms with Crippen LogP contribution in [0.25, 0.3) is 0 Å². The fourth-order valence-corrected chi connectivity index (χ4v) is 0.449. The van der Waals surface area contributed by atoms with Gasteiger partial charge in [-0.25, -0.2) is 4.57 Å². The van der Waals surface area contributed by atoms with E-state index in [-0.39, 0.29) is 11.3 Å². The molecule has 0 atom stereocenters. The van der Waals surface area contributed by atoms with Crippen LogP contribution in [0.4, 0.5) is 4.70 Å². The molecular formula is C3H8FO4P. The lowest BCUT2D eigenvalue weighted by Crippen LogP contribution is -1.86. The van der Waals surface area contributed by atoms with E-state index < -0.39 is 7.82 Å². The highest BCUT2D eigenvalue weighted by Crippen LogP contribution is 2.35. The molecule has 0 amide bonds. The van der Waals surface area contributed by atoms with Crippen molar-refractivity contribution in [2.75, 3.05) is 6.61 Å². The van der Waals surface area contributed by atoms with Crippen molar-refractivity contribution in [1.82, 2.24) is 0 Å². The van der Waals surface area contributed by atoms with Gasteiger partial charge in [0.15, 0.2) is 0 Å². The SMILES string of the molecule is C=CCOP(=O)(O)O.F. The maximum Gasteiger partial charge on any atom is 0.469 e. The van der Waals surface area contributed by atoms with Crippen LogP contribution in [-0.2, 0) is 9.09 Å². The van der Waals surface area contributed by atoms with E-state index in [1.807, 2.05) is 0 Å². The summed E-state index contributed by atoms with van der Waals surface area (Å²) >= 11 is 0. The van der Waals surface area contributed by atoms with Crippen LogP contribution >= 0.6 is 7.82 Å². The zero-order valence-electron chi connectivity index (χ0n) is 4.56. The van der Waals surface area contributed by atoms with Crippen molar-refractivity contribution >= 4 is 7.82 Å². The predicted octanol–water partition coefficient (Wildman–Crippen LogP) is 0.434. The Morgan fingerprint density at radius 3 is 2.22 bits per heavy atom. The highest BCUT2D eigenvalue weighted by Gasteiger charge is 2.10. The average molecular weight is 158 g/mol. The molecule has 56 valence electrons. The van der Waals surface area contributed by atoms with Crippen molar-refractivity contribution in [3.63, 3.8) is 0 Å². The molecular weight excluding hydrogens is 150 g/mol. The minimum absolute atomic E-state index is 0. The van der Waals surface area contributed by atoms with Gasteiger partial charge in [0.05, 0.1) is 6.61 Å². The van der Waals surface area contributed by atoms with Gasteiger partial charge in [0.2, 0.25) is 0 Å². The first-order valence-corrected chi connectivity index (χ1v) is 3.40. The maximum atomic E-state index is 9.81. The molecule has 0 aliphatic carbocycles. The molecule has 0 saturated carbocycles. The topological polar surface area (TPSA) is 66.8 Å². The van der Waals surface area contributed by atoms with E-state index in [0.717, 1.165) is 0 Å². The maximum absolute atomic E-state index is 9.81. The van der Waals surface area contributed by atoms with Gasteiger partial charge in [0.1, 0.15) is 0 Å². The molecule has 0 aliphatic heterocycles. The summed E-state index contributed by atoms with van der Waals surface area (Å²) in [5, 5.41) is 0. The van der Waals surface area contributed by atoms with Crippen molar-refractivity contribution in [3.05, 3.63) is 12.7 Å². The summed E-state index contributed by atoms with van der Waals surface area (Å²) in [5.41, 5.74) is 0. The Bertz CT molecular complexity index is 119. The second-order valence-electron chi connectivity index (χ2n) is 1.08. The lowest BCUT2D eigenvalue weighted by Gasteiger charge is -1.98. The third-order valence-corrected chi connectivity index (χ3v) is 0.846. The molecule has 0 radical (unpaired) electrons. The molecule has 0 unspecified atom stereocenters. The Balaban J connectivity index is 0. The van der Waals surface area contributed by atoms with E-state index in [4.69, 9.17) is 9.79 Å². The van der Waals surface area contributed by atoms with Crippen molar-refractivity contribution in [2.45, 2.75) is 0 Å². The van der Waals surface area contributed by atoms with Crippen LogP contribution < -0.4 is 0 Å². The van der Waals surface area contributed by atoms with Gasteiger partial charge in [-0.1, -0.05) is 6.08 Å². The molecule has 0 rings (SSSR count). The summed E-state index contributed by atoms with van der Waals surface area (Å²) in [5.74, 6) is 0. The van der Waals surface area contributed by atoms with E-state index in [2.05, 4.69) is 11.1 Å². The molecule has 0 aromatic carbocycles. The number of halogens is 1. The minimum Gasteiger partial charge on any atom is -0.303 e. The Kier molecular flexibility index (Phi) is 5.96. The van der Waals surface area contributed by atoms with Crippen LogP contribution in [0.1, 0.15) is 0 Å². The number of hydrogen-bond acceptors (Lipinski definition) is 2. The molecule has 0 saturated heterocycles. The highest BCUT2D eigenvalue weighted by atomic mass is 31.2. The molecule has 0 aromatic heterocycles. The monoisotopic (exact) mass is 158 g/mol. The van der Waals surface area contributed by atoms with Gasteiger partial charge in [0.25, 0.3) is 0 Å². The van der Waals surface area contributed by atoms with Crippen LogP contribution in [0.5, 0.6) is 0 Å². The number of rotatable bonds is 3. The van der Waals surface area contributed by atoms with E-state index in [1.54, 1.807) is 0 Å². The summed E-state index contributed by atoms with van der Waals surface area (Å²) in [4.78, 5) is 16.0. The molecule has 0 aliphatic rings. The normalized spacial score (nSPS) is 10.0. The lowest BCUT2D eigenvalue weighted by molar-refractivity contribution is 0.216. The van der Waals surface area contributed by atoms with Crippen LogP contribution in [0, 0.1) is 0 Å². The molecule has 4 nitrogen and oxygen atoms in total. The van der Waals surface area contributed by atoms with E-state index in [1.165, 1.54) is 6.08 Å². The van der Waals surface area contributed by atoms with Gasteiger partial charge in [-0.15, -0.1) is 6.58 Å². The summed E-state index contributed by atoms with van der Waals surface area (Å²) in [6.45, 7) is 3.07. The molecule has 0 aromatic rings. The van der Waals surface area contributed by atoms with E-state index in [0.29, 0.717) is 0 Å². The van der Waals surface area contributed by atoms with Crippen molar-refractivity contribution in [2.24, 2.45) is 0 Å². The van der Waals surface area contributed by atoms with Gasteiger partial charge in [0, 0.05) is 0 Å². The van der Waals surface area contributed by atoms with Crippen LogP contribution in [0.2, 0.25) is 0 Å². The second-order valence-corrected chi connectivity index (χ2v) is 2.31. The Morgan fingerprint density at radius 2 is 2.11 bits per heavy atom. The van der Waals surface area contributed by atoms with E-state index in [9.17, 15) is 4.57 Å². The molecule has 6 heteroatoms. The number of phosphoric ester groups is 1. The summed E-state index contributed by atoms with van der Waals surface area (Å²) in [6, 6.07) is 0. The largest absolute Gasteiger partial charge is 0.469 e. The third-order valence-electron chi connectivity index (χ3n) is 0.361. The van der Waals surface area contributed by atoms with Crippen LogP contribution in [-0.4, -0.2) is 16.4 Å². The van der Waals surface area contributed by atoms with Gasteiger partial charge in [-0.2, -0.15) is 0 Å². The fraction of sp³-hybridized carbons (Fsp3) is 0.333. The Labute approximate surface area is 51.8 Å². The quantitative estimate of drug-likeness (QED) is 0.461. The standard InChI is InChI=1S/C3H7O4P.FH/c1-2-3-7-8(4,5)6;/h2H,1,3H2,(H2,4,5,6);1H. The molecule has 0 heterocycles. The third kappa shape index (κ3) is 11.4. The van der Waals surface area contributed by atoms with Crippen molar-refractivity contribution < 1.29 is 23.6 Å². The first-order valence-electron chi connectivity index (χ1n) is 1.87. The van der Waals surface area contributed by atoms with Crippen LogP contribution in [0.15, 0.2) is 12.7 Å². The summed E-state index contributed by atoms with van der Waals surface area (Å²) in [7, 11) is -4.25. The smallest absolute Gasteiger partial charge is 0.303 e. The van der Waals surface area contributed by atoms with Gasteiger partial charge < -0.3 is 9.79 Å². The Hall–Kier alpha value is -0.220. The average Bonchev–Trinajstić information content (AvgIpc) is 1.59. The van der Waals surface area contributed by atoms with Crippen molar-refractivity contribution in [1.29, 1.82) is 0 Å². The highest BCUT2D eigenvalue weighted by molar-refractivity contribution is 7.46. The fourth-order valence-electron chi connectivity index (χ4n) is 0.150. The first kappa shape index (κ1) is 11.6. The van der Waals surface area contributed by atoms with Crippen molar-refractivity contribution in [3.8, 4) is 0 Å².